The summed E-state index contributed by atoms with van der Waals surface area (Å²) in [5, 5.41) is 3.64. The number of benzene rings is 3. The zero-order valence-corrected chi connectivity index (χ0v) is 29.2. The number of ether oxygens (including phenoxy) is 3. The van der Waals surface area contributed by atoms with E-state index in [1.165, 1.54) is 4.90 Å². The third kappa shape index (κ3) is 8.91. The summed E-state index contributed by atoms with van der Waals surface area (Å²) in [7, 11) is 1.60. The van der Waals surface area contributed by atoms with Crippen LogP contribution in [0.1, 0.15) is 34.1 Å². The average molecular weight is 683 g/mol. The molecule has 4 unspecified atom stereocenters. The van der Waals surface area contributed by atoms with Gasteiger partial charge in [-0.05, 0) is 57.0 Å². The van der Waals surface area contributed by atoms with E-state index in [-0.39, 0.29) is 13.0 Å². The molecule has 256 valence electrons. The predicted octanol–water partition coefficient (Wildman–Crippen LogP) is 6.80. The fourth-order valence-electron chi connectivity index (χ4n) is 5.47. The van der Waals surface area contributed by atoms with Crippen LogP contribution in [-0.4, -0.2) is 65.2 Å². The molecule has 0 aliphatic carbocycles. The second-order valence-electron chi connectivity index (χ2n) is 12.8. The van der Waals surface area contributed by atoms with Crippen LogP contribution in [0.3, 0.4) is 0 Å². The predicted molar refractivity (Wildman–Crippen MR) is 191 cm³/mol. The van der Waals surface area contributed by atoms with Crippen LogP contribution in [0.25, 0.3) is 22.2 Å². The number of nitrogens with one attached hydrogen (secondary N) is 2. The number of likely N-dealkylation sites (tertiary alicyclic amines) is 1. The van der Waals surface area contributed by atoms with Crippen LogP contribution in [-0.2, 0) is 14.3 Å². The molecule has 1 saturated heterocycles. The van der Waals surface area contributed by atoms with Crippen molar-refractivity contribution in [2.45, 2.75) is 62.8 Å². The molecule has 0 spiro atoms. The van der Waals surface area contributed by atoms with Gasteiger partial charge in [0.2, 0.25) is 5.91 Å². The molecule has 4 aromatic rings. The Kier molecular flexibility index (Phi) is 11.1. The molecule has 2 N–H and O–H groups in total. The molecule has 1 aliphatic rings. The van der Waals surface area contributed by atoms with Crippen molar-refractivity contribution in [3.8, 4) is 22.8 Å². The highest BCUT2D eigenvalue weighted by molar-refractivity contribution is 7.98. The van der Waals surface area contributed by atoms with Crippen molar-refractivity contribution in [1.29, 1.82) is 0 Å². The molecule has 1 aromatic heterocycles. The number of hydrogen-bond acceptors (Lipinski definition) is 8. The van der Waals surface area contributed by atoms with Crippen LogP contribution in [0.5, 0.6) is 11.5 Å². The molecule has 1 aliphatic heterocycles. The molecule has 2 heterocycles. The lowest BCUT2D eigenvalue weighted by atomic mass is 10.0. The number of carbonyl (C=O) groups is 3. The first kappa shape index (κ1) is 35.3. The van der Waals surface area contributed by atoms with Crippen LogP contribution in [0.4, 0.5) is 4.79 Å². The second-order valence-corrected chi connectivity index (χ2v) is 13.7. The lowest BCUT2D eigenvalue weighted by Crippen LogP contribution is -2.54. The van der Waals surface area contributed by atoms with Crippen molar-refractivity contribution in [3.05, 3.63) is 97.6 Å². The number of carbonyl (C=O) groups excluding carboxylic acids is 3. The van der Waals surface area contributed by atoms with Crippen LogP contribution < -0.4 is 19.5 Å². The Bertz CT molecular complexity index is 1800. The fourth-order valence-corrected chi connectivity index (χ4v) is 6.11. The van der Waals surface area contributed by atoms with Gasteiger partial charge in [0.25, 0.3) is 5.91 Å². The first-order valence-corrected chi connectivity index (χ1v) is 16.9. The third-order valence-corrected chi connectivity index (χ3v) is 8.84. The number of amides is 3. The largest absolute Gasteiger partial charge is 0.497 e. The number of rotatable bonds is 11. The Morgan fingerprint density at radius 1 is 1.02 bits per heavy atom. The smallest absolute Gasteiger partial charge is 0.411 e. The molecule has 3 amide bonds. The molecule has 4 atom stereocenters. The van der Waals surface area contributed by atoms with Crippen LogP contribution in [0.2, 0.25) is 0 Å². The molecule has 10 nitrogen and oxygen atoms in total. The molecule has 0 saturated carbocycles. The Morgan fingerprint density at radius 3 is 2.37 bits per heavy atom. The van der Waals surface area contributed by atoms with E-state index in [9.17, 15) is 14.4 Å². The van der Waals surface area contributed by atoms with Crippen molar-refractivity contribution in [2.24, 2.45) is 5.92 Å². The highest BCUT2D eigenvalue weighted by atomic mass is 32.2. The molecule has 3 aromatic carbocycles. The van der Waals surface area contributed by atoms with Crippen molar-refractivity contribution < 1.29 is 28.6 Å². The third-order valence-electron chi connectivity index (χ3n) is 8.03. The van der Waals surface area contributed by atoms with Crippen molar-refractivity contribution in [3.63, 3.8) is 0 Å². The van der Waals surface area contributed by atoms with E-state index < -0.39 is 47.6 Å². The minimum atomic E-state index is -0.962. The summed E-state index contributed by atoms with van der Waals surface area (Å²) >= 11 is 1.16. The lowest BCUT2D eigenvalue weighted by molar-refractivity contribution is -0.131. The quantitative estimate of drug-likeness (QED) is 0.131. The monoisotopic (exact) mass is 682 g/mol. The summed E-state index contributed by atoms with van der Waals surface area (Å²) in [6.07, 6.45) is 0.557. The average Bonchev–Trinajstić information content (AvgIpc) is 3.53. The molecular formula is C38H42N4O6S. The molecule has 5 rings (SSSR count). The van der Waals surface area contributed by atoms with Crippen LogP contribution >= 0.6 is 11.9 Å². The number of aromatic nitrogens is 1. The van der Waals surface area contributed by atoms with Crippen LogP contribution in [0, 0.1) is 5.92 Å². The second kappa shape index (κ2) is 15.5. The molecule has 0 radical (unpaired) electrons. The molecule has 11 heteroatoms. The van der Waals surface area contributed by atoms with Crippen molar-refractivity contribution >= 4 is 40.8 Å². The number of pyridine rings is 1. The highest BCUT2D eigenvalue weighted by Crippen LogP contribution is 2.35. The topological polar surface area (TPSA) is 119 Å². The van der Waals surface area contributed by atoms with Gasteiger partial charge in [0, 0.05) is 40.3 Å². The van der Waals surface area contributed by atoms with Crippen LogP contribution in [0.15, 0.2) is 102 Å². The normalized spacial score (nSPS) is 17.1. The van der Waals surface area contributed by atoms with E-state index in [1.807, 2.05) is 84.9 Å². The van der Waals surface area contributed by atoms with E-state index in [0.29, 0.717) is 22.7 Å². The summed E-state index contributed by atoms with van der Waals surface area (Å²) in [4.78, 5) is 47.9. The van der Waals surface area contributed by atoms with E-state index in [4.69, 9.17) is 19.2 Å². The Hall–Kier alpha value is -5.03. The summed E-state index contributed by atoms with van der Waals surface area (Å²) in [6.45, 7) is 11.0. The first-order valence-electron chi connectivity index (χ1n) is 16.1. The maximum absolute atomic E-state index is 14.0. The minimum Gasteiger partial charge on any atom is -0.497 e. The highest BCUT2D eigenvalue weighted by Gasteiger charge is 2.44. The zero-order chi connectivity index (χ0) is 35.1. The number of nitrogens with zero attached hydrogens (tertiary/aromatic N) is 2. The van der Waals surface area contributed by atoms with Gasteiger partial charge >= 0.3 is 6.09 Å². The van der Waals surface area contributed by atoms with Gasteiger partial charge in [0.1, 0.15) is 35.3 Å². The Balaban J connectivity index is 1.42. The van der Waals surface area contributed by atoms with Gasteiger partial charge in [-0.25, -0.2) is 9.78 Å². The number of methoxy groups -OCH3 is 1. The van der Waals surface area contributed by atoms with E-state index in [2.05, 4.69) is 16.6 Å². The summed E-state index contributed by atoms with van der Waals surface area (Å²) in [5.41, 5.74) is 1.49. The molecule has 49 heavy (non-hydrogen) atoms. The SMILES string of the molecule is C=CC(C)C(NC(=O)C1CC(Oc2cc(-c3ccccc3)nc3cc(OC)ccc23)CN1C(=O)OC(C)(C)C)C(=O)NSc1ccccc1. The Labute approximate surface area is 291 Å². The minimum absolute atomic E-state index is 0.0887. The van der Waals surface area contributed by atoms with Gasteiger partial charge in [-0.2, -0.15) is 0 Å². The van der Waals surface area contributed by atoms with Gasteiger partial charge in [0.15, 0.2) is 0 Å². The molecule has 0 bridgehead atoms. The summed E-state index contributed by atoms with van der Waals surface area (Å²) in [5.74, 6) is -0.0851. The lowest BCUT2D eigenvalue weighted by Gasteiger charge is -2.29. The van der Waals surface area contributed by atoms with E-state index >= 15 is 0 Å². The number of fused-ring (bicyclic) bond motifs is 1. The summed E-state index contributed by atoms with van der Waals surface area (Å²) in [6, 6.07) is 24.6. The zero-order valence-electron chi connectivity index (χ0n) is 28.3. The summed E-state index contributed by atoms with van der Waals surface area (Å²) < 4.78 is 20.6. The van der Waals surface area contributed by atoms with Gasteiger partial charge in [-0.3, -0.25) is 19.2 Å². The van der Waals surface area contributed by atoms with Crippen molar-refractivity contribution in [1.82, 2.24) is 19.9 Å². The maximum Gasteiger partial charge on any atom is 0.411 e. The molecular weight excluding hydrogens is 641 g/mol. The molecule has 1 fully saturated rings. The van der Waals surface area contributed by atoms with Crippen molar-refractivity contribution in [2.75, 3.05) is 13.7 Å². The van der Waals surface area contributed by atoms with E-state index in [1.54, 1.807) is 40.9 Å². The van der Waals surface area contributed by atoms with Gasteiger partial charge in [-0.1, -0.05) is 61.5 Å². The van der Waals surface area contributed by atoms with Gasteiger partial charge in [-0.15, -0.1) is 6.58 Å². The number of hydrogen-bond donors (Lipinski definition) is 2. The van der Waals surface area contributed by atoms with Gasteiger partial charge in [0.05, 0.1) is 24.9 Å². The maximum atomic E-state index is 14.0. The van der Waals surface area contributed by atoms with Gasteiger partial charge < -0.3 is 19.5 Å². The Morgan fingerprint density at radius 2 is 1.71 bits per heavy atom. The fraction of sp³-hybridized carbons (Fsp3) is 0.316. The standard InChI is InChI=1S/C38H42N4O6S/c1-7-24(2)34(36(44)41-49-28-16-12-9-13-17-28)40-35(43)32-21-27(23-42(32)37(45)48-38(3,4)5)47-33-22-30(25-14-10-8-11-15-25)39-31-20-26(46-6)18-19-29(31)33/h7-20,22,24,27,32,34H,1,21,23H2,2-6H3,(H,40,43)(H,41,44). The first-order chi connectivity index (χ1) is 23.5. The van der Waals surface area contributed by atoms with E-state index in [0.717, 1.165) is 27.8 Å².